The minimum Gasteiger partial charge on any atom is -0.481 e. The minimum absolute atomic E-state index is 0.000466. The highest BCUT2D eigenvalue weighted by Crippen LogP contribution is 2.18. The predicted octanol–water partition coefficient (Wildman–Crippen LogP) is 2.73. The van der Waals surface area contributed by atoms with Crippen molar-refractivity contribution in [1.29, 1.82) is 0 Å². The molecule has 1 N–H and O–H groups in total. The zero-order valence-electron chi connectivity index (χ0n) is 16.8. The van der Waals surface area contributed by atoms with Gasteiger partial charge < -0.3 is 19.9 Å². The minimum atomic E-state index is -0.518. The molecule has 154 valence electrons. The van der Waals surface area contributed by atoms with E-state index in [0.29, 0.717) is 37.7 Å². The second kappa shape index (κ2) is 9.21. The van der Waals surface area contributed by atoms with Crippen molar-refractivity contribution in [1.82, 2.24) is 20.1 Å². The largest absolute Gasteiger partial charge is 0.481 e. The van der Waals surface area contributed by atoms with Crippen LogP contribution in [0, 0.1) is 0 Å². The maximum atomic E-state index is 12.7. The summed E-state index contributed by atoms with van der Waals surface area (Å²) in [7, 11) is 0. The van der Waals surface area contributed by atoms with Crippen molar-refractivity contribution in [3.8, 4) is 5.75 Å². The molecule has 0 aliphatic carbocycles. The van der Waals surface area contributed by atoms with E-state index in [1.807, 2.05) is 65.6 Å². The molecule has 3 aromatic rings. The quantitative estimate of drug-likeness (QED) is 0.676. The summed E-state index contributed by atoms with van der Waals surface area (Å²) < 4.78 is 5.76. The molecule has 8 heteroatoms. The zero-order chi connectivity index (χ0) is 20.8. The first-order chi connectivity index (χ1) is 14.7. The molecule has 0 spiro atoms. The highest BCUT2D eigenvalue weighted by molar-refractivity contribution is 5.81. The summed E-state index contributed by atoms with van der Waals surface area (Å²) in [5.74, 6) is 2.85. The van der Waals surface area contributed by atoms with Gasteiger partial charge in [-0.25, -0.2) is 4.98 Å². The third kappa shape index (κ3) is 4.83. The Hall–Kier alpha value is -3.68. The van der Waals surface area contributed by atoms with E-state index in [1.54, 1.807) is 13.1 Å². The van der Waals surface area contributed by atoms with Gasteiger partial charge in [0.1, 0.15) is 11.6 Å². The second-order valence-electron chi connectivity index (χ2n) is 7.00. The second-order valence-corrected chi connectivity index (χ2v) is 7.00. The molecule has 1 aliphatic rings. The third-order valence-corrected chi connectivity index (χ3v) is 4.89. The molecule has 1 saturated heterocycles. The number of hydrogen-bond donors (Lipinski definition) is 1. The van der Waals surface area contributed by atoms with E-state index in [0.717, 1.165) is 11.6 Å². The molecule has 30 heavy (non-hydrogen) atoms. The van der Waals surface area contributed by atoms with Gasteiger partial charge in [-0.1, -0.05) is 24.3 Å². The Morgan fingerprint density at radius 3 is 2.37 bits per heavy atom. The molecule has 1 aliphatic heterocycles. The van der Waals surface area contributed by atoms with E-state index < -0.39 is 6.10 Å². The Morgan fingerprint density at radius 2 is 1.70 bits per heavy atom. The van der Waals surface area contributed by atoms with Crippen molar-refractivity contribution in [2.24, 2.45) is 0 Å². The number of para-hydroxylation sites is 1. The van der Waals surface area contributed by atoms with Gasteiger partial charge in [-0.2, -0.15) is 0 Å². The number of carbonyl (C=O) groups is 1. The molecule has 0 saturated carbocycles. The normalized spacial score (nSPS) is 14.8. The first-order valence-electron chi connectivity index (χ1n) is 9.96. The SMILES string of the molecule is C[C@H](Oc1ccccc1)C(=O)N1CCN(c2ccc(Nc3ccccn3)nn2)CC1. The summed E-state index contributed by atoms with van der Waals surface area (Å²) in [5.41, 5.74) is 0. The van der Waals surface area contributed by atoms with Crippen molar-refractivity contribution >= 4 is 23.4 Å². The van der Waals surface area contributed by atoms with Gasteiger partial charge in [-0.15, -0.1) is 10.2 Å². The number of rotatable bonds is 6. The van der Waals surface area contributed by atoms with Crippen LogP contribution in [0.15, 0.2) is 66.9 Å². The maximum Gasteiger partial charge on any atom is 0.263 e. The van der Waals surface area contributed by atoms with Crippen molar-refractivity contribution < 1.29 is 9.53 Å². The van der Waals surface area contributed by atoms with Crippen molar-refractivity contribution in [2.45, 2.75) is 13.0 Å². The number of hydrogen-bond acceptors (Lipinski definition) is 7. The number of carbonyl (C=O) groups excluding carboxylic acids is 1. The number of ether oxygens (including phenoxy) is 1. The van der Waals surface area contributed by atoms with Gasteiger partial charge in [-0.3, -0.25) is 4.79 Å². The average Bonchev–Trinajstić information content (AvgIpc) is 2.80. The Kier molecular flexibility index (Phi) is 6.03. The van der Waals surface area contributed by atoms with E-state index in [4.69, 9.17) is 4.74 Å². The zero-order valence-corrected chi connectivity index (χ0v) is 16.8. The highest BCUT2D eigenvalue weighted by Gasteiger charge is 2.26. The Balaban J connectivity index is 1.29. The summed E-state index contributed by atoms with van der Waals surface area (Å²) >= 11 is 0. The Labute approximate surface area is 175 Å². The predicted molar refractivity (Wildman–Crippen MR) is 115 cm³/mol. The fraction of sp³-hybridized carbons (Fsp3) is 0.273. The van der Waals surface area contributed by atoms with Gasteiger partial charge in [0.25, 0.3) is 5.91 Å². The van der Waals surface area contributed by atoms with Crippen molar-refractivity contribution in [2.75, 3.05) is 36.4 Å². The van der Waals surface area contributed by atoms with Crippen LogP contribution in [0.1, 0.15) is 6.92 Å². The molecule has 8 nitrogen and oxygen atoms in total. The lowest BCUT2D eigenvalue weighted by Gasteiger charge is -2.36. The fourth-order valence-electron chi connectivity index (χ4n) is 3.30. The summed E-state index contributed by atoms with van der Waals surface area (Å²) in [4.78, 5) is 20.9. The Bertz CT molecular complexity index is 944. The van der Waals surface area contributed by atoms with Gasteiger partial charge in [0.2, 0.25) is 0 Å². The molecular weight excluding hydrogens is 380 g/mol. The molecule has 1 fully saturated rings. The van der Waals surface area contributed by atoms with Crippen LogP contribution in [-0.2, 0) is 4.79 Å². The van der Waals surface area contributed by atoms with Crippen LogP contribution >= 0.6 is 0 Å². The molecule has 4 rings (SSSR count). The van der Waals surface area contributed by atoms with Gasteiger partial charge in [0.05, 0.1) is 0 Å². The van der Waals surface area contributed by atoms with Crippen LogP contribution in [0.25, 0.3) is 0 Å². The van der Waals surface area contributed by atoms with Gasteiger partial charge in [0, 0.05) is 32.4 Å². The van der Waals surface area contributed by atoms with E-state index in [1.165, 1.54) is 0 Å². The van der Waals surface area contributed by atoms with Crippen LogP contribution < -0.4 is 15.0 Å². The molecule has 0 bridgehead atoms. The molecule has 3 heterocycles. The summed E-state index contributed by atoms with van der Waals surface area (Å²) in [6.07, 6.45) is 1.20. The molecule has 1 aromatic carbocycles. The van der Waals surface area contributed by atoms with Gasteiger partial charge >= 0.3 is 0 Å². The smallest absolute Gasteiger partial charge is 0.263 e. The summed E-state index contributed by atoms with van der Waals surface area (Å²) in [6, 6.07) is 18.9. The number of piperazine rings is 1. The van der Waals surface area contributed by atoms with Gasteiger partial charge in [0.15, 0.2) is 17.7 Å². The average molecular weight is 404 g/mol. The van der Waals surface area contributed by atoms with E-state index in [2.05, 4.69) is 25.4 Å². The standard InChI is InChI=1S/C22H24N6O2/c1-17(30-18-7-3-2-4-8-18)22(29)28-15-13-27(14-16-28)21-11-10-20(25-26-21)24-19-9-5-6-12-23-19/h2-12,17H,13-16H2,1H3,(H,23,24,25)/t17-/m0/s1. The third-order valence-electron chi connectivity index (χ3n) is 4.89. The molecular formula is C22H24N6O2. The number of anilines is 3. The van der Waals surface area contributed by atoms with Crippen LogP contribution in [0.4, 0.5) is 17.5 Å². The molecule has 2 aromatic heterocycles. The van der Waals surface area contributed by atoms with Crippen molar-refractivity contribution in [3.63, 3.8) is 0 Å². The van der Waals surface area contributed by atoms with Crippen LogP contribution in [0.5, 0.6) is 5.75 Å². The molecule has 0 radical (unpaired) electrons. The van der Waals surface area contributed by atoms with Crippen LogP contribution in [-0.4, -0.2) is 58.3 Å². The fourth-order valence-corrected chi connectivity index (χ4v) is 3.30. The number of benzene rings is 1. The van der Waals surface area contributed by atoms with Crippen LogP contribution in [0.3, 0.4) is 0 Å². The number of aromatic nitrogens is 3. The maximum absolute atomic E-state index is 12.7. The summed E-state index contributed by atoms with van der Waals surface area (Å²) in [5, 5.41) is 11.7. The monoisotopic (exact) mass is 404 g/mol. The first-order valence-corrected chi connectivity index (χ1v) is 9.96. The molecule has 1 atom stereocenters. The summed E-state index contributed by atoms with van der Waals surface area (Å²) in [6.45, 7) is 4.44. The lowest BCUT2D eigenvalue weighted by atomic mass is 10.2. The number of nitrogens with zero attached hydrogens (tertiary/aromatic N) is 5. The van der Waals surface area contributed by atoms with Crippen molar-refractivity contribution in [3.05, 3.63) is 66.9 Å². The molecule has 1 amide bonds. The number of pyridine rings is 1. The lowest BCUT2D eigenvalue weighted by molar-refractivity contribution is -0.138. The topological polar surface area (TPSA) is 83.5 Å². The van der Waals surface area contributed by atoms with E-state index in [9.17, 15) is 4.79 Å². The lowest BCUT2D eigenvalue weighted by Crippen LogP contribution is -2.52. The van der Waals surface area contributed by atoms with E-state index >= 15 is 0 Å². The number of amides is 1. The Morgan fingerprint density at radius 1 is 0.933 bits per heavy atom. The number of nitrogens with one attached hydrogen (secondary N) is 1. The first kappa shape index (κ1) is 19.6. The molecule has 0 unspecified atom stereocenters. The van der Waals surface area contributed by atoms with E-state index in [-0.39, 0.29) is 5.91 Å². The van der Waals surface area contributed by atoms with Crippen LogP contribution in [0.2, 0.25) is 0 Å². The highest BCUT2D eigenvalue weighted by atomic mass is 16.5. The van der Waals surface area contributed by atoms with Gasteiger partial charge in [-0.05, 0) is 43.3 Å².